The quantitative estimate of drug-likeness (QED) is 0.899. The fourth-order valence-corrected chi connectivity index (χ4v) is 1.71. The van der Waals surface area contributed by atoms with Crippen LogP contribution in [0.15, 0.2) is 22.7 Å². The molecule has 0 heterocycles. The Balaban J connectivity index is 2.57. The third kappa shape index (κ3) is 3.85. The van der Waals surface area contributed by atoms with Gasteiger partial charge in [0.2, 0.25) is 0 Å². The molecule has 2 nitrogen and oxygen atoms in total. The van der Waals surface area contributed by atoms with E-state index in [-0.39, 0.29) is 18.0 Å². The smallest absolute Gasteiger partial charge is 0.123 e. The van der Waals surface area contributed by atoms with Gasteiger partial charge in [-0.2, -0.15) is 0 Å². The summed E-state index contributed by atoms with van der Waals surface area (Å²) in [5.41, 5.74) is 0.912. The van der Waals surface area contributed by atoms with Crippen molar-refractivity contribution in [2.45, 2.75) is 32.5 Å². The lowest BCUT2D eigenvalue weighted by molar-refractivity contribution is 0.0882. The van der Waals surface area contributed by atoms with Gasteiger partial charge in [0.25, 0.3) is 0 Å². The van der Waals surface area contributed by atoms with Gasteiger partial charge < -0.3 is 10.1 Å². The van der Waals surface area contributed by atoms with Crippen molar-refractivity contribution < 1.29 is 9.13 Å². The molecule has 0 saturated heterocycles. The third-order valence-electron chi connectivity index (χ3n) is 2.70. The van der Waals surface area contributed by atoms with Crippen LogP contribution in [-0.2, 0) is 11.3 Å². The highest BCUT2D eigenvalue weighted by molar-refractivity contribution is 9.10. The summed E-state index contributed by atoms with van der Waals surface area (Å²) in [4.78, 5) is 0. The fraction of sp³-hybridized carbons (Fsp3) is 0.500. The molecule has 0 radical (unpaired) electrons. The van der Waals surface area contributed by atoms with E-state index in [0.717, 1.165) is 10.0 Å². The number of methoxy groups -OCH3 is 1. The van der Waals surface area contributed by atoms with E-state index in [0.29, 0.717) is 6.54 Å². The number of nitrogens with one attached hydrogen (secondary N) is 1. The molecule has 1 N–H and O–H groups in total. The van der Waals surface area contributed by atoms with E-state index < -0.39 is 0 Å². The van der Waals surface area contributed by atoms with Crippen LogP contribution in [0.5, 0.6) is 0 Å². The predicted octanol–water partition coefficient (Wildman–Crippen LogP) is 3.10. The van der Waals surface area contributed by atoms with E-state index in [2.05, 4.69) is 21.2 Å². The normalized spacial score (nSPS) is 14.8. The van der Waals surface area contributed by atoms with E-state index in [1.807, 2.05) is 13.8 Å². The topological polar surface area (TPSA) is 21.3 Å². The second-order valence-electron chi connectivity index (χ2n) is 3.85. The van der Waals surface area contributed by atoms with Crippen LogP contribution < -0.4 is 5.32 Å². The maximum Gasteiger partial charge on any atom is 0.123 e. The zero-order valence-electron chi connectivity index (χ0n) is 9.76. The molecule has 0 aromatic heterocycles. The Hall–Kier alpha value is -0.450. The van der Waals surface area contributed by atoms with Gasteiger partial charge in [-0.15, -0.1) is 0 Å². The summed E-state index contributed by atoms with van der Waals surface area (Å²) in [5.74, 6) is -0.215. The Morgan fingerprint density at radius 2 is 2.12 bits per heavy atom. The highest BCUT2D eigenvalue weighted by Gasteiger charge is 2.11. The number of benzene rings is 1. The monoisotopic (exact) mass is 289 g/mol. The van der Waals surface area contributed by atoms with Gasteiger partial charge in [0, 0.05) is 24.2 Å². The van der Waals surface area contributed by atoms with Gasteiger partial charge in [-0.25, -0.2) is 4.39 Å². The molecule has 1 aromatic rings. The molecule has 4 heteroatoms. The van der Waals surface area contributed by atoms with Crippen LogP contribution in [0, 0.1) is 5.82 Å². The van der Waals surface area contributed by atoms with E-state index in [1.54, 1.807) is 13.2 Å². The average Bonchev–Trinajstić information content (AvgIpc) is 2.28. The van der Waals surface area contributed by atoms with Crippen LogP contribution in [0.25, 0.3) is 0 Å². The van der Waals surface area contributed by atoms with Gasteiger partial charge in [-0.05, 0) is 37.6 Å². The minimum Gasteiger partial charge on any atom is -0.380 e. The Labute approximate surface area is 104 Å². The highest BCUT2D eigenvalue weighted by atomic mass is 79.9. The summed E-state index contributed by atoms with van der Waals surface area (Å²) < 4.78 is 19.1. The zero-order chi connectivity index (χ0) is 12.1. The number of hydrogen-bond acceptors (Lipinski definition) is 2. The lowest BCUT2D eigenvalue weighted by Gasteiger charge is -2.20. The molecular weight excluding hydrogens is 273 g/mol. The van der Waals surface area contributed by atoms with Crippen molar-refractivity contribution in [3.63, 3.8) is 0 Å². The SMILES string of the molecule is COC(C)C(C)NCc1cc(F)ccc1Br. The fourth-order valence-electron chi connectivity index (χ4n) is 1.32. The first-order chi connectivity index (χ1) is 7.54. The molecule has 0 bridgehead atoms. The molecule has 16 heavy (non-hydrogen) atoms. The first kappa shape index (κ1) is 13.6. The maximum atomic E-state index is 13.0. The number of hydrogen-bond donors (Lipinski definition) is 1. The molecule has 0 aliphatic carbocycles. The third-order valence-corrected chi connectivity index (χ3v) is 3.47. The molecule has 0 saturated carbocycles. The summed E-state index contributed by atoms with van der Waals surface area (Å²) in [6, 6.07) is 4.91. The standard InChI is InChI=1S/C12H17BrFNO/c1-8(9(2)16-3)15-7-10-6-11(14)4-5-12(10)13/h4-6,8-9,15H,7H2,1-3H3. The van der Waals surface area contributed by atoms with E-state index in [4.69, 9.17) is 4.74 Å². The van der Waals surface area contributed by atoms with Crippen molar-refractivity contribution >= 4 is 15.9 Å². The van der Waals surface area contributed by atoms with Gasteiger partial charge in [-0.1, -0.05) is 15.9 Å². The van der Waals surface area contributed by atoms with Crippen molar-refractivity contribution in [1.82, 2.24) is 5.32 Å². The van der Waals surface area contributed by atoms with Crippen molar-refractivity contribution in [2.75, 3.05) is 7.11 Å². The second kappa shape index (κ2) is 6.33. The van der Waals surface area contributed by atoms with Gasteiger partial charge in [0.15, 0.2) is 0 Å². The van der Waals surface area contributed by atoms with Gasteiger partial charge >= 0.3 is 0 Å². The van der Waals surface area contributed by atoms with Crippen LogP contribution in [0.2, 0.25) is 0 Å². The molecule has 2 atom stereocenters. The summed E-state index contributed by atoms with van der Waals surface area (Å²) >= 11 is 3.40. The highest BCUT2D eigenvalue weighted by Crippen LogP contribution is 2.17. The Bertz CT molecular complexity index is 346. The maximum absolute atomic E-state index is 13.0. The molecule has 0 spiro atoms. The van der Waals surface area contributed by atoms with Crippen LogP contribution >= 0.6 is 15.9 Å². The molecule has 1 rings (SSSR count). The van der Waals surface area contributed by atoms with E-state index >= 15 is 0 Å². The Morgan fingerprint density at radius 1 is 1.44 bits per heavy atom. The van der Waals surface area contributed by atoms with E-state index in [1.165, 1.54) is 12.1 Å². The lowest BCUT2D eigenvalue weighted by Crippen LogP contribution is -2.36. The first-order valence-corrected chi connectivity index (χ1v) is 6.04. The summed E-state index contributed by atoms with van der Waals surface area (Å²) in [7, 11) is 1.68. The number of rotatable bonds is 5. The molecule has 0 amide bonds. The number of ether oxygens (including phenoxy) is 1. The molecule has 0 aliphatic heterocycles. The van der Waals surface area contributed by atoms with Gasteiger partial charge in [0.05, 0.1) is 6.10 Å². The van der Waals surface area contributed by atoms with Gasteiger partial charge in [0.1, 0.15) is 5.82 Å². The van der Waals surface area contributed by atoms with Crippen LogP contribution in [-0.4, -0.2) is 19.3 Å². The Kier molecular flexibility index (Phi) is 5.38. The molecule has 2 unspecified atom stereocenters. The van der Waals surface area contributed by atoms with Crippen LogP contribution in [0.1, 0.15) is 19.4 Å². The summed E-state index contributed by atoms with van der Waals surface area (Å²) in [6.07, 6.45) is 0.132. The minimum atomic E-state index is -0.215. The average molecular weight is 290 g/mol. The molecule has 0 aliphatic rings. The predicted molar refractivity (Wildman–Crippen MR) is 66.9 cm³/mol. The van der Waals surface area contributed by atoms with Crippen molar-refractivity contribution in [1.29, 1.82) is 0 Å². The summed E-state index contributed by atoms with van der Waals surface area (Å²) in [6.45, 7) is 4.66. The molecule has 1 aromatic carbocycles. The zero-order valence-corrected chi connectivity index (χ0v) is 11.3. The van der Waals surface area contributed by atoms with Crippen molar-refractivity contribution in [3.05, 3.63) is 34.1 Å². The van der Waals surface area contributed by atoms with Gasteiger partial charge in [-0.3, -0.25) is 0 Å². The van der Waals surface area contributed by atoms with Crippen LogP contribution in [0.4, 0.5) is 4.39 Å². The Morgan fingerprint density at radius 3 is 2.75 bits per heavy atom. The molecular formula is C12H17BrFNO. The first-order valence-electron chi connectivity index (χ1n) is 5.24. The number of halogens is 2. The van der Waals surface area contributed by atoms with Crippen molar-refractivity contribution in [2.24, 2.45) is 0 Å². The van der Waals surface area contributed by atoms with Crippen LogP contribution in [0.3, 0.4) is 0 Å². The summed E-state index contributed by atoms with van der Waals surface area (Å²) in [5, 5.41) is 3.30. The molecule has 90 valence electrons. The van der Waals surface area contributed by atoms with E-state index in [9.17, 15) is 4.39 Å². The molecule has 0 fully saturated rings. The lowest BCUT2D eigenvalue weighted by atomic mass is 10.1. The second-order valence-corrected chi connectivity index (χ2v) is 4.70. The van der Waals surface area contributed by atoms with Crippen molar-refractivity contribution in [3.8, 4) is 0 Å². The minimum absolute atomic E-state index is 0.132. The largest absolute Gasteiger partial charge is 0.380 e.